The molecule has 0 heterocycles. The van der Waals surface area contributed by atoms with Crippen LogP contribution in [-0.4, -0.2) is 11.7 Å². The first-order valence-corrected chi connectivity index (χ1v) is 7.83. The summed E-state index contributed by atoms with van der Waals surface area (Å²) in [6, 6.07) is 17.5. The number of aliphatic hydroxyl groups is 1. The van der Waals surface area contributed by atoms with E-state index in [2.05, 4.69) is 24.0 Å². The largest absolute Gasteiger partial charge is 0.376 e. The van der Waals surface area contributed by atoms with E-state index in [9.17, 15) is 5.11 Å². The van der Waals surface area contributed by atoms with Crippen LogP contribution in [-0.2, 0) is 6.42 Å². The van der Waals surface area contributed by atoms with Crippen LogP contribution < -0.4 is 5.73 Å². The zero-order chi connectivity index (χ0) is 16.2. The standard InChI is InChI=1S/C18H19NO.C2H6/c19-13-5-8-15-6-4-7-16(14-15)11-12-18(20)17-9-2-1-3-10-17;1-2/h1-4,6-7,9-10,14,18,20H,5,8,13,19H2;1-2H3/t18-;/m1./s1. The van der Waals surface area contributed by atoms with Crippen molar-refractivity contribution in [3.8, 4) is 11.8 Å². The van der Waals surface area contributed by atoms with Gasteiger partial charge < -0.3 is 10.8 Å². The summed E-state index contributed by atoms with van der Waals surface area (Å²) in [5.41, 5.74) is 8.49. The molecule has 2 heteroatoms. The van der Waals surface area contributed by atoms with Gasteiger partial charge in [0.2, 0.25) is 0 Å². The van der Waals surface area contributed by atoms with Gasteiger partial charge in [-0.15, -0.1) is 0 Å². The van der Waals surface area contributed by atoms with Crippen molar-refractivity contribution in [2.75, 3.05) is 6.54 Å². The Morgan fingerprint density at radius 1 is 1.05 bits per heavy atom. The average molecular weight is 295 g/mol. The summed E-state index contributed by atoms with van der Waals surface area (Å²) in [7, 11) is 0. The molecule has 2 nitrogen and oxygen atoms in total. The molecule has 2 aromatic carbocycles. The van der Waals surface area contributed by atoms with E-state index in [4.69, 9.17) is 5.73 Å². The number of hydrogen-bond acceptors (Lipinski definition) is 2. The molecule has 2 aromatic rings. The predicted octanol–water partition coefficient (Wildman–Crippen LogP) is 3.69. The predicted molar refractivity (Wildman–Crippen MR) is 93.4 cm³/mol. The number of rotatable bonds is 4. The Morgan fingerprint density at radius 3 is 2.45 bits per heavy atom. The van der Waals surface area contributed by atoms with E-state index in [0.29, 0.717) is 6.54 Å². The summed E-state index contributed by atoms with van der Waals surface area (Å²) in [5.74, 6) is 5.91. The molecule has 1 atom stereocenters. The second-order valence-corrected chi connectivity index (χ2v) is 4.68. The molecular formula is C20H25NO. The van der Waals surface area contributed by atoms with Gasteiger partial charge in [-0.2, -0.15) is 0 Å². The second kappa shape index (κ2) is 10.6. The lowest BCUT2D eigenvalue weighted by Gasteiger charge is -2.03. The normalized spacial score (nSPS) is 10.7. The molecule has 0 saturated carbocycles. The minimum atomic E-state index is -0.746. The highest BCUT2D eigenvalue weighted by atomic mass is 16.3. The van der Waals surface area contributed by atoms with Crippen LogP contribution in [0.2, 0.25) is 0 Å². The maximum absolute atomic E-state index is 10.0. The summed E-state index contributed by atoms with van der Waals surface area (Å²) < 4.78 is 0. The number of hydrogen-bond donors (Lipinski definition) is 2. The van der Waals surface area contributed by atoms with Crippen molar-refractivity contribution in [3.63, 3.8) is 0 Å². The zero-order valence-electron chi connectivity index (χ0n) is 13.4. The fraction of sp³-hybridized carbons (Fsp3) is 0.300. The minimum absolute atomic E-state index is 0.697. The first-order chi connectivity index (χ1) is 10.8. The van der Waals surface area contributed by atoms with Crippen LogP contribution in [0.4, 0.5) is 0 Å². The highest BCUT2D eigenvalue weighted by molar-refractivity contribution is 5.39. The van der Waals surface area contributed by atoms with Gasteiger partial charge in [0.15, 0.2) is 0 Å². The van der Waals surface area contributed by atoms with Crippen molar-refractivity contribution in [1.82, 2.24) is 0 Å². The minimum Gasteiger partial charge on any atom is -0.376 e. The Hall–Kier alpha value is -2.08. The lowest BCUT2D eigenvalue weighted by Crippen LogP contribution is -2.00. The Bertz CT molecular complexity index is 596. The van der Waals surface area contributed by atoms with E-state index in [0.717, 1.165) is 24.0 Å². The summed E-state index contributed by atoms with van der Waals surface area (Å²) in [5, 5.41) is 10.0. The first-order valence-electron chi connectivity index (χ1n) is 7.83. The molecule has 0 aliphatic heterocycles. The third-order valence-electron chi connectivity index (χ3n) is 3.07. The molecule has 22 heavy (non-hydrogen) atoms. The molecule has 0 radical (unpaired) electrons. The maximum atomic E-state index is 10.0. The summed E-state index contributed by atoms with van der Waals surface area (Å²) in [6.45, 7) is 4.70. The lowest BCUT2D eigenvalue weighted by molar-refractivity contribution is 0.238. The van der Waals surface area contributed by atoms with Crippen molar-refractivity contribution in [3.05, 3.63) is 71.3 Å². The molecule has 116 valence electrons. The Labute approximate surface area is 134 Å². The Balaban J connectivity index is 0.00000116. The SMILES string of the molecule is CC.NCCCc1cccc(C#C[C@@H](O)c2ccccc2)c1. The van der Waals surface area contributed by atoms with Crippen LogP contribution in [0, 0.1) is 11.8 Å². The lowest BCUT2D eigenvalue weighted by atomic mass is 10.1. The fourth-order valence-corrected chi connectivity index (χ4v) is 1.98. The van der Waals surface area contributed by atoms with E-state index in [1.165, 1.54) is 5.56 Å². The highest BCUT2D eigenvalue weighted by Gasteiger charge is 2.01. The molecule has 0 spiro atoms. The van der Waals surface area contributed by atoms with Gasteiger partial charge in [-0.05, 0) is 42.6 Å². The van der Waals surface area contributed by atoms with Crippen LogP contribution in [0.25, 0.3) is 0 Å². The molecule has 2 rings (SSSR count). The van der Waals surface area contributed by atoms with E-state index < -0.39 is 6.10 Å². The first kappa shape index (κ1) is 18.0. The Kier molecular flexibility index (Phi) is 8.67. The summed E-state index contributed by atoms with van der Waals surface area (Å²) in [4.78, 5) is 0. The molecule has 0 unspecified atom stereocenters. The van der Waals surface area contributed by atoms with Crippen LogP contribution in [0.15, 0.2) is 54.6 Å². The van der Waals surface area contributed by atoms with Gasteiger partial charge in [0, 0.05) is 5.56 Å². The van der Waals surface area contributed by atoms with Gasteiger partial charge in [0.05, 0.1) is 0 Å². The van der Waals surface area contributed by atoms with Crippen molar-refractivity contribution in [1.29, 1.82) is 0 Å². The summed E-state index contributed by atoms with van der Waals surface area (Å²) in [6.07, 6.45) is 1.19. The van der Waals surface area contributed by atoms with Crippen molar-refractivity contribution < 1.29 is 5.11 Å². The van der Waals surface area contributed by atoms with Crippen molar-refractivity contribution >= 4 is 0 Å². The van der Waals surface area contributed by atoms with Gasteiger partial charge >= 0.3 is 0 Å². The Morgan fingerprint density at radius 2 is 1.77 bits per heavy atom. The van der Waals surface area contributed by atoms with Gasteiger partial charge in [0.25, 0.3) is 0 Å². The third kappa shape index (κ3) is 6.13. The van der Waals surface area contributed by atoms with Crippen LogP contribution in [0.1, 0.15) is 43.1 Å². The van der Waals surface area contributed by atoms with E-state index in [1.54, 1.807) is 0 Å². The molecule has 0 aliphatic carbocycles. The van der Waals surface area contributed by atoms with Gasteiger partial charge in [-0.3, -0.25) is 0 Å². The number of nitrogens with two attached hydrogens (primary N) is 1. The molecule has 0 aliphatic rings. The molecule has 0 bridgehead atoms. The topological polar surface area (TPSA) is 46.2 Å². The van der Waals surface area contributed by atoms with E-state index in [-0.39, 0.29) is 0 Å². The van der Waals surface area contributed by atoms with Crippen LogP contribution in [0.3, 0.4) is 0 Å². The van der Waals surface area contributed by atoms with Gasteiger partial charge in [-0.25, -0.2) is 0 Å². The van der Waals surface area contributed by atoms with E-state index >= 15 is 0 Å². The monoisotopic (exact) mass is 295 g/mol. The summed E-state index contributed by atoms with van der Waals surface area (Å²) >= 11 is 0. The number of aryl methyl sites for hydroxylation is 1. The molecular weight excluding hydrogens is 270 g/mol. The zero-order valence-corrected chi connectivity index (χ0v) is 13.4. The van der Waals surface area contributed by atoms with E-state index in [1.807, 2.05) is 56.3 Å². The number of benzene rings is 2. The molecule has 3 N–H and O–H groups in total. The third-order valence-corrected chi connectivity index (χ3v) is 3.07. The van der Waals surface area contributed by atoms with Crippen LogP contribution in [0.5, 0.6) is 0 Å². The second-order valence-electron chi connectivity index (χ2n) is 4.68. The fourth-order valence-electron chi connectivity index (χ4n) is 1.98. The maximum Gasteiger partial charge on any atom is 0.140 e. The number of aliphatic hydroxyl groups excluding tert-OH is 1. The highest BCUT2D eigenvalue weighted by Crippen LogP contribution is 2.11. The van der Waals surface area contributed by atoms with Crippen LogP contribution >= 0.6 is 0 Å². The smallest absolute Gasteiger partial charge is 0.140 e. The molecule has 0 fully saturated rings. The molecule has 0 aromatic heterocycles. The molecule has 0 saturated heterocycles. The van der Waals surface area contributed by atoms with Gasteiger partial charge in [-0.1, -0.05) is 68.2 Å². The quantitative estimate of drug-likeness (QED) is 0.845. The van der Waals surface area contributed by atoms with Crippen molar-refractivity contribution in [2.45, 2.75) is 32.8 Å². The van der Waals surface area contributed by atoms with Crippen molar-refractivity contribution in [2.24, 2.45) is 5.73 Å². The average Bonchev–Trinajstić information content (AvgIpc) is 2.60. The molecule has 0 amide bonds. The van der Waals surface area contributed by atoms with Gasteiger partial charge in [0.1, 0.15) is 6.10 Å².